The van der Waals surface area contributed by atoms with Crippen molar-refractivity contribution in [3.05, 3.63) is 70.3 Å². The normalized spacial score (nSPS) is 16.3. The lowest BCUT2D eigenvalue weighted by molar-refractivity contribution is -0.134. The van der Waals surface area contributed by atoms with E-state index in [1.54, 1.807) is 0 Å². The Morgan fingerprint density at radius 2 is 1.70 bits per heavy atom. The molecule has 0 saturated carbocycles. The Balaban J connectivity index is 1.63. The van der Waals surface area contributed by atoms with Crippen molar-refractivity contribution in [2.24, 2.45) is 0 Å². The highest BCUT2D eigenvalue weighted by Crippen LogP contribution is 2.24. The molecule has 2 aromatic carbocycles. The van der Waals surface area contributed by atoms with E-state index in [0.717, 1.165) is 6.07 Å². The topological polar surface area (TPSA) is 55.8 Å². The van der Waals surface area contributed by atoms with Crippen LogP contribution in [-0.4, -0.2) is 49.0 Å². The summed E-state index contributed by atoms with van der Waals surface area (Å²) in [5.41, 5.74) is -1.32. The summed E-state index contributed by atoms with van der Waals surface area (Å²) < 4.78 is 91.9. The molecule has 1 unspecified atom stereocenters. The molecule has 1 amide bonds. The summed E-state index contributed by atoms with van der Waals surface area (Å²) in [6.07, 6.45) is 0.567. The molecule has 0 aromatic heterocycles. The highest BCUT2D eigenvalue weighted by Gasteiger charge is 2.26. The van der Waals surface area contributed by atoms with E-state index in [2.05, 4.69) is 0 Å². The van der Waals surface area contributed by atoms with Crippen LogP contribution in [0.5, 0.6) is 5.75 Å². The third-order valence-electron chi connectivity index (χ3n) is 4.84. The summed E-state index contributed by atoms with van der Waals surface area (Å²) in [7, 11) is 0. The summed E-state index contributed by atoms with van der Waals surface area (Å²) in [5, 5.41) is 0. The van der Waals surface area contributed by atoms with Gasteiger partial charge in [0.05, 0.1) is 24.3 Å². The summed E-state index contributed by atoms with van der Waals surface area (Å²) >= 11 is 0. The molecule has 3 rings (SSSR count). The van der Waals surface area contributed by atoms with Gasteiger partial charge in [0, 0.05) is 18.7 Å². The van der Waals surface area contributed by atoms with Crippen molar-refractivity contribution in [1.29, 1.82) is 0 Å². The number of halogens is 6. The first-order valence-corrected chi connectivity index (χ1v) is 9.63. The van der Waals surface area contributed by atoms with Gasteiger partial charge in [-0.25, -0.2) is 26.3 Å². The lowest BCUT2D eigenvalue weighted by atomic mass is 10.1. The Morgan fingerprint density at radius 1 is 1.06 bits per heavy atom. The van der Waals surface area contributed by atoms with Gasteiger partial charge in [0.1, 0.15) is 24.3 Å². The lowest BCUT2D eigenvalue weighted by Crippen LogP contribution is -2.47. The van der Waals surface area contributed by atoms with Crippen molar-refractivity contribution in [2.45, 2.75) is 13.0 Å². The van der Waals surface area contributed by atoms with E-state index in [1.807, 2.05) is 0 Å². The summed E-state index contributed by atoms with van der Waals surface area (Å²) in [4.78, 5) is 24.9. The number of hydrogen-bond acceptors (Lipinski definition) is 4. The molecular weight excluding hydrogens is 456 g/mol. The Kier molecular flexibility index (Phi) is 7.42. The Labute approximate surface area is 184 Å². The molecule has 1 aliphatic heterocycles. The molecule has 0 aliphatic carbocycles. The maximum Gasteiger partial charge on any atom is 0.246 e. The zero-order valence-electron chi connectivity index (χ0n) is 17.1. The molecule has 11 heteroatoms. The van der Waals surface area contributed by atoms with Crippen molar-refractivity contribution >= 4 is 17.8 Å². The second-order valence-electron chi connectivity index (χ2n) is 7.10. The Bertz CT molecular complexity index is 1090. The van der Waals surface area contributed by atoms with E-state index < -0.39 is 58.3 Å². The maximum absolute atomic E-state index is 13.9. The first-order chi connectivity index (χ1) is 15.6. The number of Topliss-reactive ketones (excluding diaryl/α,β-unsaturated/α-hetero) is 1. The van der Waals surface area contributed by atoms with Crippen molar-refractivity contribution in [3.63, 3.8) is 0 Å². The highest BCUT2D eigenvalue weighted by molar-refractivity contribution is 5.94. The van der Waals surface area contributed by atoms with Crippen LogP contribution >= 0.6 is 0 Å². The average molecular weight is 473 g/mol. The van der Waals surface area contributed by atoms with E-state index in [4.69, 9.17) is 9.47 Å². The third kappa shape index (κ3) is 5.36. The minimum Gasteiger partial charge on any atom is -0.491 e. The number of carbonyl (C=O) groups is 2. The number of rotatable bonds is 6. The van der Waals surface area contributed by atoms with Crippen LogP contribution in [0, 0.1) is 34.9 Å². The van der Waals surface area contributed by atoms with Gasteiger partial charge in [-0.15, -0.1) is 0 Å². The molecule has 0 radical (unpaired) electrons. The molecule has 2 aromatic rings. The van der Waals surface area contributed by atoms with Gasteiger partial charge >= 0.3 is 0 Å². The second-order valence-corrected chi connectivity index (χ2v) is 7.10. The third-order valence-corrected chi connectivity index (χ3v) is 4.84. The zero-order valence-corrected chi connectivity index (χ0v) is 17.1. The number of ether oxygens (including phenoxy) is 2. The van der Waals surface area contributed by atoms with Gasteiger partial charge < -0.3 is 14.4 Å². The van der Waals surface area contributed by atoms with Crippen LogP contribution in [0.25, 0.3) is 6.08 Å². The molecule has 1 atom stereocenters. The lowest BCUT2D eigenvalue weighted by Gasteiger charge is -2.32. The summed E-state index contributed by atoms with van der Waals surface area (Å²) in [5.74, 6) is -12.4. The predicted octanol–water partition coefficient (Wildman–Crippen LogP) is 4.04. The van der Waals surface area contributed by atoms with Gasteiger partial charge in [0.25, 0.3) is 0 Å². The molecule has 0 N–H and O–H groups in total. The molecule has 0 spiro atoms. The minimum atomic E-state index is -2.29. The Morgan fingerprint density at radius 3 is 2.30 bits per heavy atom. The fourth-order valence-corrected chi connectivity index (χ4v) is 3.11. The van der Waals surface area contributed by atoms with Crippen molar-refractivity contribution in [2.75, 3.05) is 26.3 Å². The van der Waals surface area contributed by atoms with Gasteiger partial charge in [-0.3, -0.25) is 9.59 Å². The quantitative estimate of drug-likeness (QED) is 0.209. The number of amides is 1. The standard InChI is InChI=1S/C22H17F6NO4/c1-11(30)14-3-2-12(8-16(14)23)33-10-13-9-29(6-7-32-13)17(31)5-4-15-18(24)20(26)22(28)21(27)19(15)25/h2-5,8,13H,6-7,9-10H2,1H3/b5-4+. The smallest absolute Gasteiger partial charge is 0.246 e. The molecule has 5 nitrogen and oxygen atoms in total. The van der Waals surface area contributed by atoms with Crippen LogP contribution in [0.3, 0.4) is 0 Å². The van der Waals surface area contributed by atoms with Crippen LogP contribution in [0.4, 0.5) is 26.3 Å². The molecule has 33 heavy (non-hydrogen) atoms. The monoisotopic (exact) mass is 473 g/mol. The number of hydrogen-bond donors (Lipinski definition) is 0. The second kappa shape index (κ2) is 10.1. The Hall–Kier alpha value is -3.34. The van der Waals surface area contributed by atoms with Crippen LogP contribution in [0.2, 0.25) is 0 Å². The summed E-state index contributed by atoms with van der Waals surface area (Å²) in [6, 6.07) is 3.71. The highest BCUT2D eigenvalue weighted by atomic mass is 19.2. The van der Waals surface area contributed by atoms with Crippen LogP contribution in [0.15, 0.2) is 24.3 Å². The fourth-order valence-electron chi connectivity index (χ4n) is 3.11. The number of nitrogens with zero attached hydrogens (tertiary/aromatic N) is 1. The van der Waals surface area contributed by atoms with Crippen molar-refractivity contribution in [1.82, 2.24) is 4.90 Å². The first-order valence-electron chi connectivity index (χ1n) is 9.63. The van der Waals surface area contributed by atoms with E-state index in [9.17, 15) is 35.9 Å². The molecule has 176 valence electrons. The number of morpholine rings is 1. The molecule has 0 bridgehead atoms. The molecule has 1 heterocycles. The van der Waals surface area contributed by atoms with Crippen LogP contribution < -0.4 is 4.74 Å². The minimum absolute atomic E-state index is 0.00567. The maximum atomic E-state index is 13.9. The van der Waals surface area contributed by atoms with Crippen LogP contribution in [-0.2, 0) is 9.53 Å². The largest absolute Gasteiger partial charge is 0.491 e. The van der Waals surface area contributed by atoms with E-state index in [0.29, 0.717) is 12.2 Å². The molecular formula is C22H17F6NO4. The zero-order chi connectivity index (χ0) is 24.3. The molecule has 1 fully saturated rings. The van der Waals surface area contributed by atoms with Crippen molar-refractivity contribution < 1.29 is 45.4 Å². The summed E-state index contributed by atoms with van der Waals surface area (Å²) in [6.45, 7) is 1.34. The van der Waals surface area contributed by atoms with Crippen molar-refractivity contribution in [3.8, 4) is 5.75 Å². The van der Waals surface area contributed by atoms with Gasteiger partial charge in [-0.2, -0.15) is 0 Å². The fraction of sp³-hybridized carbons (Fsp3) is 0.273. The van der Waals surface area contributed by atoms with Gasteiger partial charge in [0.2, 0.25) is 11.7 Å². The number of carbonyl (C=O) groups excluding carboxylic acids is 2. The van der Waals surface area contributed by atoms with Crippen LogP contribution in [0.1, 0.15) is 22.8 Å². The average Bonchev–Trinajstić information content (AvgIpc) is 2.80. The predicted molar refractivity (Wildman–Crippen MR) is 103 cm³/mol. The van der Waals surface area contributed by atoms with E-state index in [1.165, 1.54) is 24.0 Å². The molecule has 1 saturated heterocycles. The SMILES string of the molecule is CC(=O)c1ccc(OCC2CN(C(=O)/C=C/c3c(F)c(F)c(F)c(F)c3F)CCO2)cc1F. The number of ketones is 1. The van der Waals surface area contributed by atoms with Gasteiger partial charge in [-0.05, 0) is 25.1 Å². The van der Waals surface area contributed by atoms with Gasteiger partial charge in [-0.1, -0.05) is 0 Å². The first kappa shape index (κ1) is 24.3. The number of benzene rings is 2. The molecule has 1 aliphatic rings. The van der Waals surface area contributed by atoms with E-state index >= 15 is 0 Å². The van der Waals surface area contributed by atoms with Gasteiger partial charge in [0.15, 0.2) is 29.1 Å². The van der Waals surface area contributed by atoms with E-state index in [-0.39, 0.29) is 37.6 Å².